The minimum absolute atomic E-state index is 0.0380. The van der Waals surface area contributed by atoms with Crippen molar-refractivity contribution in [2.45, 2.75) is 114 Å². The van der Waals surface area contributed by atoms with Crippen molar-refractivity contribution < 1.29 is 33.9 Å². The lowest BCUT2D eigenvalue weighted by molar-refractivity contribution is -0.147. The number of carbonyl (C=O) groups excluding carboxylic acids is 6. The van der Waals surface area contributed by atoms with E-state index in [1.54, 1.807) is 12.1 Å². The molecule has 3 aliphatic rings. The molecule has 0 aliphatic carbocycles. The number of aromatic hydroxyl groups is 1. The molecule has 0 radical (unpaired) electrons. The van der Waals surface area contributed by atoms with Crippen LogP contribution in [-0.4, -0.2) is 124 Å². The summed E-state index contributed by atoms with van der Waals surface area (Å²) in [5.74, 6) is -2.10. The molecule has 9 N–H and O–H groups in total. The van der Waals surface area contributed by atoms with Crippen LogP contribution in [0, 0.1) is 5.92 Å². The Morgan fingerprint density at radius 3 is 2.17 bits per heavy atom. The molecule has 0 saturated carbocycles. The molecule has 0 unspecified atom stereocenters. The number of hydrogen-bond donors (Lipinski definition) is 6. The maximum absolute atomic E-state index is 14.0. The number of phenols is 1. The van der Waals surface area contributed by atoms with Crippen molar-refractivity contribution in [3.8, 4) is 5.75 Å². The van der Waals surface area contributed by atoms with Crippen LogP contribution in [-0.2, 0) is 35.2 Å². The van der Waals surface area contributed by atoms with Crippen molar-refractivity contribution >= 4 is 41.8 Å². The molecule has 3 fully saturated rings. The summed E-state index contributed by atoms with van der Waals surface area (Å²) in [5.41, 5.74) is 17.6. The minimum Gasteiger partial charge on any atom is -0.508 e. The van der Waals surface area contributed by atoms with E-state index in [4.69, 9.17) is 17.2 Å². The van der Waals surface area contributed by atoms with Gasteiger partial charge in [0.25, 0.3) is 0 Å². The Kier molecular flexibility index (Phi) is 14.4. The summed E-state index contributed by atoms with van der Waals surface area (Å²) in [6.07, 6.45) is 5.20. The molecule has 286 valence electrons. The SMILES string of the molecule is CC(C)C[C@H](NC(=O)[C@H](Cc1ccc(O)cc1)NC(=O)[C@@H]1CCCN1C(=O)[C@@H]1CCCN1C(=O)[C@@H](N)CCCN=C(N)N)C(=O)N1CCC[C@H]1C=O. The van der Waals surface area contributed by atoms with Crippen molar-refractivity contribution in [1.82, 2.24) is 25.3 Å². The first-order chi connectivity index (χ1) is 24.8. The lowest BCUT2D eigenvalue weighted by atomic mass is 10.00. The number of rotatable bonds is 16. The largest absolute Gasteiger partial charge is 0.508 e. The van der Waals surface area contributed by atoms with Gasteiger partial charge in [-0.1, -0.05) is 26.0 Å². The highest BCUT2D eigenvalue weighted by atomic mass is 16.3. The number of guanidine groups is 1. The summed E-state index contributed by atoms with van der Waals surface area (Å²) in [5, 5.41) is 15.5. The highest BCUT2D eigenvalue weighted by molar-refractivity contribution is 5.96. The van der Waals surface area contributed by atoms with Crippen LogP contribution in [0.3, 0.4) is 0 Å². The molecular formula is C36H55N9O7. The van der Waals surface area contributed by atoms with Crippen LogP contribution >= 0.6 is 0 Å². The number of likely N-dealkylation sites (tertiary alicyclic amines) is 3. The second-order valence-corrected chi connectivity index (χ2v) is 14.4. The van der Waals surface area contributed by atoms with Crippen molar-refractivity contribution in [1.29, 1.82) is 0 Å². The molecule has 3 saturated heterocycles. The lowest BCUT2D eigenvalue weighted by Gasteiger charge is -2.33. The zero-order valence-corrected chi connectivity index (χ0v) is 30.2. The minimum atomic E-state index is -1.13. The molecule has 4 rings (SSSR count). The van der Waals surface area contributed by atoms with Crippen LogP contribution < -0.4 is 27.8 Å². The van der Waals surface area contributed by atoms with Gasteiger partial charge in [0.05, 0.1) is 12.1 Å². The molecule has 0 spiro atoms. The van der Waals surface area contributed by atoms with Crippen LogP contribution in [0.1, 0.15) is 77.2 Å². The number of amides is 5. The Morgan fingerprint density at radius 2 is 1.52 bits per heavy atom. The number of carbonyl (C=O) groups is 6. The van der Waals surface area contributed by atoms with Gasteiger partial charge in [0.2, 0.25) is 29.5 Å². The van der Waals surface area contributed by atoms with Gasteiger partial charge in [-0.05, 0) is 81.4 Å². The highest BCUT2D eigenvalue weighted by Crippen LogP contribution is 2.26. The molecule has 3 aliphatic heterocycles. The van der Waals surface area contributed by atoms with E-state index in [1.807, 2.05) is 13.8 Å². The number of nitrogens with two attached hydrogens (primary N) is 3. The number of nitrogens with zero attached hydrogens (tertiary/aromatic N) is 4. The number of hydrogen-bond acceptors (Lipinski definition) is 9. The van der Waals surface area contributed by atoms with Gasteiger partial charge in [-0.25, -0.2) is 0 Å². The first-order valence-electron chi connectivity index (χ1n) is 18.4. The number of phenolic OH excluding ortho intramolecular Hbond substituents is 1. The van der Waals surface area contributed by atoms with Crippen LogP contribution in [0.25, 0.3) is 0 Å². The smallest absolute Gasteiger partial charge is 0.246 e. The van der Waals surface area contributed by atoms with E-state index < -0.39 is 48.1 Å². The number of aliphatic imine (C=N–C) groups is 1. The molecule has 5 amide bonds. The van der Waals surface area contributed by atoms with Crippen molar-refractivity contribution in [2.24, 2.45) is 28.1 Å². The third-order valence-corrected chi connectivity index (χ3v) is 10.0. The van der Waals surface area contributed by atoms with Gasteiger partial charge in [-0.15, -0.1) is 0 Å². The van der Waals surface area contributed by atoms with E-state index in [-0.39, 0.29) is 41.8 Å². The van der Waals surface area contributed by atoms with Crippen molar-refractivity contribution in [2.75, 3.05) is 26.2 Å². The molecule has 16 heteroatoms. The topological polar surface area (TPSA) is 247 Å². The van der Waals surface area contributed by atoms with Gasteiger partial charge >= 0.3 is 0 Å². The Hall–Kier alpha value is -4.73. The molecule has 0 aromatic heterocycles. The first kappa shape index (κ1) is 40.0. The van der Waals surface area contributed by atoms with Crippen LogP contribution in [0.5, 0.6) is 5.75 Å². The predicted molar refractivity (Wildman–Crippen MR) is 193 cm³/mol. The number of benzene rings is 1. The van der Waals surface area contributed by atoms with Crippen LogP contribution in [0.2, 0.25) is 0 Å². The molecule has 52 heavy (non-hydrogen) atoms. The van der Waals surface area contributed by atoms with Gasteiger partial charge in [0.1, 0.15) is 36.2 Å². The number of aldehydes is 1. The summed E-state index contributed by atoms with van der Waals surface area (Å²) in [7, 11) is 0. The quantitative estimate of drug-likeness (QED) is 0.0552. The fourth-order valence-corrected chi connectivity index (χ4v) is 7.36. The fraction of sp³-hybridized carbons (Fsp3) is 0.639. The average Bonchev–Trinajstić information content (AvgIpc) is 3.90. The monoisotopic (exact) mass is 725 g/mol. The van der Waals surface area contributed by atoms with Crippen molar-refractivity contribution in [3.05, 3.63) is 29.8 Å². The lowest BCUT2D eigenvalue weighted by Crippen LogP contribution is -2.59. The second-order valence-electron chi connectivity index (χ2n) is 14.4. The summed E-state index contributed by atoms with van der Waals surface area (Å²) in [4.78, 5) is 89.0. The van der Waals surface area contributed by atoms with E-state index in [2.05, 4.69) is 15.6 Å². The summed E-state index contributed by atoms with van der Waals surface area (Å²) < 4.78 is 0. The molecule has 16 nitrogen and oxygen atoms in total. The predicted octanol–water partition coefficient (Wildman–Crippen LogP) is -0.497. The van der Waals surface area contributed by atoms with E-state index >= 15 is 0 Å². The third-order valence-electron chi connectivity index (χ3n) is 10.0. The summed E-state index contributed by atoms with van der Waals surface area (Å²) in [6, 6.07) is 1.18. The molecule has 1 aromatic rings. The Morgan fingerprint density at radius 1 is 0.885 bits per heavy atom. The Bertz CT molecular complexity index is 1470. The van der Waals surface area contributed by atoms with Gasteiger partial charge in [-0.3, -0.25) is 29.0 Å². The molecule has 1 aromatic carbocycles. The Balaban J connectivity index is 1.48. The molecular weight excluding hydrogens is 670 g/mol. The standard InChI is InChI=1S/C36H55N9O7/c1-22(2)19-28(34(51)43-16-4-7-24(43)21-46)42-31(48)27(20-23-11-13-25(47)14-12-23)41-32(49)29-9-5-17-44(29)35(52)30-10-6-18-45(30)33(50)26(37)8-3-15-40-36(38)39/h11-14,21-22,24,26-30,47H,3-10,15-20,37H2,1-2H3,(H,41,49)(H,42,48)(H4,38,39,40)/t24-,26-,27-,28-,29-,30-/m0/s1. The first-order valence-corrected chi connectivity index (χ1v) is 18.4. The fourth-order valence-electron chi connectivity index (χ4n) is 7.36. The van der Waals surface area contributed by atoms with Crippen molar-refractivity contribution in [3.63, 3.8) is 0 Å². The Labute approximate surface area is 304 Å². The summed E-state index contributed by atoms with van der Waals surface area (Å²) >= 11 is 0. The van der Waals surface area contributed by atoms with Gasteiger partial charge in [0, 0.05) is 32.6 Å². The van der Waals surface area contributed by atoms with Crippen LogP contribution in [0.15, 0.2) is 29.3 Å². The third kappa shape index (κ3) is 10.4. The van der Waals surface area contributed by atoms with E-state index in [0.29, 0.717) is 89.5 Å². The van der Waals surface area contributed by atoms with E-state index in [1.165, 1.54) is 26.8 Å². The second kappa shape index (κ2) is 18.7. The molecule has 6 atom stereocenters. The van der Waals surface area contributed by atoms with E-state index in [9.17, 15) is 33.9 Å². The zero-order valence-electron chi connectivity index (χ0n) is 30.2. The van der Waals surface area contributed by atoms with Gasteiger partial charge in [-0.2, -0.15) is 0 Å². The van der Waals surface area contributed by atoms with Gasteiger partial charge in [0.15, 0.2) is 5.96 Å². The molecule has 0 bridgehead atoms. The maximum atomic E-state index is 14.0. The zero-order chi connectivity index (χ0) is 37.9. The van der Waals surface area contributed by atoms with E-state index in [0.717, 1.165) is 6.29 Å². The maximum Gasteiger partial charge on any atom is 0.246 e. The number of nitrogens with one attached hydrogen (secondary N) is 2. The van der Waals surface area contributed by atoms with Crippen LogP contribution in [0.4, 0.5) is 0 Å². The molecule has 3 heterocycles. The van der Waals surface area contributed by atoms with Gasteiger partial charge < -0.3 is 52.4 Å². The highest BCUT2D eigenvalue weighted by Gasteiger charge is 2.44. The summed E-state index contributed by atoms with van der Waals surface area (Å²) in [6.45, 7) is 5.29. The normalized spacial score (nSPS) is 21.8. The average molecular weight is 726 g/mol.